The Morgan fingerprint density at radius 3 is 2.62 bits per heavy atom. The number of aromatic amines is 1. The van der Waals surface area contributed by atoms with Crippen LogP contribution < -0.4 is 0 Å². The van der Waals surface area contributed by atoms with Crippen LogP contribution in [0, 0.1) is 4.64 Å². The molecule has 0 saturated carbocycles. The lowest BCUT2D eigenvalue weighted by Crippen LogP contribution is -2.02. The number of carbonyl (C=O) groups is 1. The number of aromatic nitrogens is 1. The Hall–Kier alpha value is -0.960. The van der Waals surface area contributed by atoms with Gasteiger partial charge in [-0.1, -0.05) is 38.9 Å². The maximum absolute atomic E-state index is 11.8. The van der Waals surface area contributed by atoms with Gasteiger partial charge in [0.15, 0.2) is 5.78 Å². The van der Waals surface area contributed by atoms with E-state index >= 15 is 0 Å². The summed E-state index contributed by atoms with van der Waals surface area (Å²) in [6.07, 6.45) is 4.63. The molecular formula is C13H19NOS. The van der Waals surface area contributed by atoms with Crippen molar-refractivity contribution in [3.63, 3.8) is 0 Å². The van der Waals surface area contributed by atoms with Gasteiger partial charge in [-0.25, -0.2) is 0 Å². The zero-order valence-corrected chi connectivity index (χ0v) is 10.8. The third-order valence-electron chi connectivity index (χ3n) is 2.55. The van der Waals surface area contributed by atoms with Crippen molar-refractivity contribution in [2.75, 3.05) is 0 Å². The van der Waals surface area contributed by atoms with Crippen LogP contribution >= 0.6 is 12.2 Å². The number of rotatable bonds is 6. The number of ketones is 1. The van der Waals surface area contributed by atoms with Gasteiger partial charge < -0.3 is 4.98 Å². The molecule has 0 aromatic carbocycles. The highest BCUT2D eigenvalue weighted by molar-refractivity contribution is 7.71. The second kappa shape index (κ2) is 6.59. The lowest BCUT2D eigenvalue weighted by Gasteiger charge is -2.03. The summed E-state index contributed by atoms with van der Waals surface area (Å²) in [6, 6.07) is 3.83. The van der Waals surface area contributed by atoms with E-state index < -0.39 is 0 Å². The predicted molar refractivity (Wildman–Crippen MR) is 69.5 cm³/mol. The van der Waals surface area contributed by atoms with Gasteiger partial charge in [-0.15, -0.1) is 0 Å². The molecule has 0 aliphatic heterocycles. The number of Topliss-reactive ketones (excluding diaryl/α,β-unsaturated/α-hetero) is 1. The number of unbranched alkanes of at least 4 members (excludes halogenated alkanes) is 1. The van der Waals surface area contributed by atoms with Crippen molar-refractivity contribution in [3.05, 3.63) is 28.0 Å². The first-order valence-electron chi connectivity index (χ1n) is 5.94. The molecule has 1 N–H and O–H groups in total. The van der Waals surface area contributed by atoms with Crippen molar-refractivity contribution in [3.8, 4) is 0 Å². The van der Waals surface area contributed by atoms with Crippen molar-refractivity contribution in [2.24, 2.45) is 0 Å². The molecule has 0 saturated heterocycles. The van der Waals surface area contributed by atoms with E-state index in [1.54, 1.807) is 0 Å². The quantitative estimate of drug-likeness (QED) is 0.597. The van der Waals surface area contributed by atoms with E-state index in [0.717, 1.165) is 31.4 Å². The highest BCUT2D eigenvalue weighted by Crippen LogP contribution is 2.10. The molecule has 0 unspecified atom stereocenters. The van der Waals surface area contributed by atoms with E-state index in [0.29, 0.717) is 16.6 Å². The Bertz CT molecular complexity index is 409. The first-order valence-corrected chi connectivity index (χ1v) is 6.35. The normalized spacial score (nSPS) is 10.4. The molecule has 1 rings (SSSR count). The first-order chi connectivity index (χ1) is 7.69. The third-order valence-corrected chi connectivity index (χ3v) is 2.87. The molecule has 0 amide bonds. The van der Waals surface area contributed by atoms with Gasteiger partial charge in [-0.3, -0.25) is 4.79 Å². The van der Waals surface area contributed by atoms with Crippen LogP contribution in [0.4, 0.5) is 0 Å². The molecule has 16 heavy (non-hydrogen) atoms. The number of aryl methyl sites for hydroxylation is 1. The topological polar surface area (TPSA) is 32.9 Å². The van der Waals surface area contributed by atoms with E-state index in [-0.39, 0.29) is 5.78 Å². The number of pyridine rings is 1. The summed E-state index contributed by atoms with van der Waals surface area (Å²) < 4.78 is 0.590. The standard InChI is InChI=1S/C13H19NOS/c1-3-5-7-12(15)11-9-8-10(6-4-2)14-13(11)16/h8-9H,3-7H2,1-2H3,(H,14,16). The van der Waals surface area contributed by atoms with Gasteiger partial charge in [0.05, 0.1) is 5.56 Å². The molecule has 0 bridgehead atoms. The van der Waals surface area contributed by atoms with Crippen LogP contribution in [0.2, 0.25) is 0 Å². The molecule has 0 aliphatic rings. The Labute approximate surface area is 102 Å². The van der Waals surface area contributed by atoms with Crippen LogP contribution in [0.3, 0.4) is 0 Å². The molecule has 88 valence electrons. The zero-order chi connectivity index (χ0) is 12.0. The van der Waals surface area contributed by atoms with Crippen LogP contribution in [-0.4, -0.2) is 10.8 Å². The molecule has 1 aromatic rings. The lowest BCUT2D eigenvalue weighted by molar-refractivity contribution is 0.0979. The maximum Gasteiger partial charge on any atom is 0.165 e. The SMILES string of the molecule is CCCCC(=O)c1ccc(CCC)[nH]c1=S. The first kappa shape index (κ1) is 13.1. The van der Waals surface area contributed by atoms with Gasteiger partial charge in [-0.2, -0.15) is 0 Å². The molecule has 0 spiro atoms. The van der Waals surface area contributed by atoms with E-state index in [2.05, 4.69) is 18.8 Å². The fourth-order valence-electron chi connectivity index (χ4n) is 1.62. The van der Waals surface area contributed by atoms with Crippen LogP contribution in [0.5, 0.6) is 0 Å². The van der Waals surface area contributed by atoms with Crippen molar-refractivity contribution in [1.82, 2.24) is 4.98 Å². The van der Waals surface area contributed by atoms with Gasteiger partial charge in [0.1, 0.15) is 4.64 Å². The summed E-state index contributed by atoms with van der Waals surface area (Å²) in [6.45, 7) is 4.20. The van der Waals surface area contributed by atoms with Crippen molar-refractivity contribution in [1.29, 1.82) is 0 Å². The predicted octanol–water partition coefficient (Wildman–Crippen LogP) is 4.07. The summed E-state index contributed by atoms with van der Waals surface area (Å²) >= 11 is 5.20. The second-order valence-electron chi connectivity index (χ2n) is 4.00. The number of hydrogen-bond acceptors (Lipinski definition) is 2. The molecule has 0 fully saturated rings. The molecule has 0 atom stereocenters. The number of hydrogen-bond donors (Lipinski definition) is 1. The van der Waals surface area contributed by atoms with E-state index in [1.807, 2.05) is 12.1 Å². The average molecular weight is 237 g/mol. The van der Waals surface area contributed by atoms with Gasteiger partial charge in [0.2, 0.25) is 0 Å². The van der Waals surface area contributed by atoms with Crippen molar-refractivity contribution >= 4 is 18.0 Å². The minimum absolute atomic E-state index is 0.158. The van der Waals surface area contributed by atoms with Crippen LogP contribution in [0.15, 0.2) is 12.1 Å². The van der Waals surface area contributed by atoms with Gasteiger partial charge >= 0.3 is 0 Å². The summed E-state index contributed by atoms with van der Waals surface area (Å²) in [7, 11) is 0. The summed E-state index contributed by atoms with van der Waals surface area (Å²) in [5.41, 5.74) is 1.78. The Morgan fingerprint density at radius 2 is 2.06 bits per heavy atom. The molecule has 1 heterocycles. The smallest absolute Gasteiger partial charge is 0.165 e. The van der Waals surface area contributed by atoms with Gasteiger partial charge in [0, 0.05) is 12.1 Å². The summed E-state index contributed by atoms with van der Waals surface area (Å²) in [5.74, 6) is 0.158. The third kappa shape index (κ3) is 3.56. The number of carbonyl (C=O) groups excluding carboxylic acids is 1. The molecular weight excluding hydrogens is 218 g/mol. The summed E-state index contributed by atoms with van der Waals surface area (Å²) in [5, 5.41) is 0. The zero-order valence-electron chi connectivity index (χ0n) is 10.0. The Balaban J connectivity index is 2.82. The van der Waals surface area contributed by atoms with E-state index in [9.17, 15) is 4.79 Å². The Kier molecular flexibility index (Phi) is 5.39. The number of H-pyrrole nitrogens is 1. The van der Waals surface area contributed by atoms with Gasteiger partial charge in [0.25, 0.3) is 0 Å². The maximum atomic E-state index is 11.8. The molecule has 3 heteroatoms. The Morgan fingerprint density at radius 1 is 1.31 bits per heavy atom. The van der Waals surface area contributed by atoms with Crippen molar-refractivity contribution < 1.29 is 4.79 Å². The molecule has 2 nitrogen and oxygen atoms in total. The van der Waals surface area contributed by atoms with Crippen molar-refractivity contribution in [2.45, 2.75) is 46.0 Å². The van der Waals surface area contributed by atoms with Crippen LogP contribution in [0.25, 0.3) is 0 Å². The minimum Gasteiger partial charge on any atom is -0.349 e. The van der Waals surface area contributed by atoms with E-state index in [4.69, 9.17) is 12.2 Å². The van der Waals surface area contributed by atoms with Crippen LogP contribution in [0.1, 0.15) is 55.6 Å². The highest BCUT2D eigenvalue weighted by atomic mass is 32.1. The fourth-order valence-corrected chi connectivity index (χ4v) is 1.93. The lowest BCUT2D eigenvalue weighted by atomic mass is 10.1. The van der Waals surface area contributed by atoms with Crippen LogP contribution in [-0.2, 0) is 6.42 Å². The second-order valence-corrected chi connectivity index (χ2v) is 4.41. The average Bonchev–Trinajstić information content (AvgIpc) is 2.26. The molecule has 0 radical (unpaired) electrons. The largest absolute Gasteiger partial charge is 0.349 e. The fraction of sp³-hybridized carbons (Fsp3) is 0.538. The highest BCUT2D eigenvalue weighted by Gasteiger charge is 2.07. The summed E-state index contributed by atoms with van der Waals surface area (Å²) in [4.78, 5) is 14.9. The molecule has 0 aliphatic carbocycles. The minimum atomic E-state index is 0.158. The molecule has 1 aromatic heterocycles. The van der Waals surface area contributed by atoms with Gasteiger partial charge in [-0.05, 0) is 25.0 Å². The monoisotopic (exact) mass is 237 g/mol. The van der Waals surface area contributed by atoms with E-state index in [1.165, 1.54) is 0 Å². The number of nitrogens with one attached hydrogen (secondary N) is 1.